The summed E-state index contributed by atoms with van der Waals surface area (Å²) in [4.78, 5) is 10.2. The van der Waals surface area contributed by atoms with Crippen LogP contribution in [-0.4, -0.2) is 19.6 Å². The summed E-state index contributed by atoms with van der Waals surface area (Å²) in [5, 5.41) is 7.33. The highest BCUT2D eigenvalue weighted by Crippen LogP contribution is 2.18. The zero-order valence-corrected chi connectivity index (χ0v) is 12.7. The van der Waals surface area contributed by atoms with Gasteiger partial charge < -0.3 is 5.32 Å². The Hall–Kier alpha value is -2.34. The molecule has 5 nitrogen and oxygen atoms in total. The van der Waals surface area contributed by atoms with E-state index >= 15 is 0 Å². The lowest BCUT2D eigenvalue weighted by Crippen LogP contribution is -2.03. The van der Waals surface area contributed by atoms with Crippen LogP contribution in [0.3, 0.4) is 0 Å². The zero-order valence-electron chi connectivity index (χ0n) is 11.9. The summed E-state index contributed by atoms with van der Waals surface area (Å²) < 4.78 is 3.94. The highest BCUT2D eigenvalue weighted by atomic mass is 32.1. The molecule has 0 saturated carbocycles. The highest BCUT2D eigenvalue weighted by Gasteiger charge is 2.06. The summed E-state index contributed by atoms with van der Waals surface area (Å²) in [7, 11) is 0. The van der Waals surface area contributed by atoms with Crippen LogP contribution in [-0.2, 0) is 6.54 Å². The third kappa shape index (κ3) is 3.22. The molecule has 3 rings (SSSR count). The molecule has 0 radical (unpaired) electrons. The summed E-state index contributed by atoms with van der Waals surface area (Å²) in [6.07, 6.45) is 0. The zero-order chi connectivity index (χ0) is 14.7. The fraction of sp³-hybridized carbons (Fsp3) is 0.200. The van der Waals surface area contributed by atoms with Crippen LogP contribution in [0, 0.1) is 13.8 Å². The molecular formula is C15H15N5S. The number of nitrogens with one attached hydrogen (secondary N) is 1. The summed E-state index contributed by atoms with van der Waals surface area (Å²) in [5.41, 5.74) is 2.91. The van der Waals surface area contributed by atoms with Crippen molar-refractivity contribution < 1.29 is 0 Å². The Morgan fingerprint density at radius 2 is 1.90 bits per heavy atom. The van der Waals surface area contributed by atoms with E-state index in [0.717, 1.165) is 33.5 Å². The van der Waals surface area contributed by atoms with Gasteiger partial charge in [-0.2, -0.15) is 0 Å². The molecule has 0 fully saturated rings. The van der Waals surface area contributed by atoms with E-state index in [0.29, 0.717) is 6.54 Å². The van der Waals surface area contributed by atoms with Crippen LogP contribution in [0.25, 0.3) is 11.4 Å². The lowest BCUT2D eigenvalue weighted by atomic mass is 10.2. The molecule has 0 amide bonds. The number of anilines is 1. The van der Waals surface area contributed by atoms with Crippen LogP contribution in [0.15, 0.2) is 36.4 Å². The molecule has 6 heteroatoms. The smallest absolute Gasteiger partial charge is 0.161 e. The predicted octanol–water partition coefficient (Wildman–Crippen LogP) is 3.22. The maximum atomic E-state index is 4.57. The van der Waals surface area contributed by atoms with Crippen LogP contribution in [0.5, 0.6) is 0 Å². The van der Waals surface area contributed by atoms with E-state index in [1.807, 2.05) is 50.2 Å². The van der Waals surface area contributed by atoms with Gasteiger partial charge in [-0.15, -0.1) is 5.10 Å². The molecule has 0 spiro atoms. The second-order valence-electron chi connectivity index (χ2n) is 4.72. The van der Waals surface area contributed by atoms with Crippen LogP contribution in [0.2, 0.25) is 0 Å². The molecule has 1 aromatic carbocycles. The number of nitrogens with zero attached hydrogens (tertiary/aromatic N) is 4. The Balaban J connectivity index is 1.83. The van der Waals surface area contributed by atoms with Crippen LogP contribution in [0.1, 0.15) is 16.3 Å². The van der Waals surface area contributed by atoms with Gasteiger partial charge in [-0.25, -0.2) is 9.97 Å². The first-order valence-electron chi connectivity index (χ1n) is 6.65. The third-order valence-electron chi connectivity index (χ3n) is 3.06. The van der Waals surface area contributed by atoms with Crippen LogP contribution >= 0.6 is 11.5 Å². The van der Waals surface area contributed by atoms with Crippen molar-refractivity contribution in [2.75, 3.05) is 5.32 Å². The second kappa shape index (κ2) is 5.97. The Labute approximate surface area is 127 Å². The number of aryl methyl sites for hydroxylation is 2. The predicted molar refractivity (Wildman–Crippen MR) is 84.2 cm³/mol. The molecular weight excluding hydrogens is 282 g/mol. The molecule has 0 bridgehead atoms. The van der Waals surface area contributed by atoms with Crippen molar-refractivity contribution in [2.24, 2.45) is 0 Å². The quantitative estimate of drug-likeness (QED) is 0.801. The summed E-state index contributed by atoms with van der Waals surface area (Å²) >= 11 is 1.41. The third-order valence-corrected chi connectivity index (χ3v) is 3.89. The maximum Gasteiger partial charge on any atom is 0.161 e. The Morgan fingerprint density at radius 3 is 2.62 bits per heavy atom. The first-order valence-corrected chi connectivity index (χ1v) is 7.42. The minimum absolute atomic E-state index is 0.675. The monoisotopic (exact) mass is 297 g/mol. The topological polar surface area (TPSA) is 63.6 Å². The number of aromatic nitrogens is 4. The fourth-order valence-electron chi connectivity index (χ4n) is 1.96. The number of hydrogen-bond donors (Lipinski definition) is 1. The van der Waals surface area contributed by atoms with Gasteiger partial charge in [0, 0.05) is 17.3 Å². The molecule has 0 saturated heterocycles. The van der Waals surface area contributed by atoms with Gasteiger partial charge in [0.15, 0.2) is 5.82 Å². The van der Waals surface area contributed by atoms with Gasteiger partial charge in [0.2, 0.25) is 0 Å². The molecule has 2 aromatic heterocycles. The molecule has 3 aromatic rings. The first kappa shape index (κ1) is 13.6. The number of benzene rings is 1. The van der Waals surface area contributed by atoms with Crippen molar-refractivity contribution in [3.05, 3.63) is 52.7 Å². The van der Waals surface area contributed by atoms with Gasteiger partial charge in [-0.05, 0) is 25.4 Å². The lowest BCUT2D eigenvalue weighted by Gasteiger charge is -2.08. The van der Waals surface area contributed by atoms with E-state index in [1.54, 1.807) is 0 Å². The van der Waals surface area contributed by atoms with Crippen LogP contribution in [0.4, 0.5) is 5.82 Å². The minimum Gasteiger partial charge on any atom is -0.365 e. The number of rotatable bonds is 4. The lowest BCUT2D eigenvalue weighted by molar-refractivity contribution is 1.03. The van der Waals surface area contributed by atoms with Crippen molar-refractivity contribution in [1.82, 2.24) is 19.6 Å². The summed E-state index contributed by atoms with van der Waals surface area (Å²) in [5.74, 6) is 1.55. The fourth-order valence-corrected chi connectivity index (χ4v) is 2.53. The van der Waals surface area contributed by atoms with Gasteiger partial charge in [0.25, 0.3) is 0 Å². The largest absolute Gasteiger partial charge is 0.365 e. The molecule has 0 aliphatic carbocycles. The van der Waals surface area contributed by atoms with Crippen molar-refractivity contribution in [1.29, 1.82) is 0 Å². The van der Waals surface area contributed by atoms with Crippen molar-refractivity contribution in [3.8, 4) is 11.4 Å². The van der Waals surface area contributed by atoms with Gasteiger partial charge in [0.05, 0.1) is 17.1 Å². The van der Waals surface area contributed by atoms with Crippen molar-refractivity contribution >= 4 is 17.4 Å². The van der Waals surface area contributed by atoms with E-state index in [9.17, 15) is 0 Å². The van der Waals surface area contributed by atoms with Crippen molar-refractivity contribution in [2.45, 2.75) is 20.4 Å². The van der Waals surface area contributed by atoms with Gasteiger partial charge in [-0.1, -0.05) is 34.8 Å². The molecule has 21 heavy (non-hydrogen) atoms. The standard InChI is InChI=1S/C15H15N5S/c1-10-8-14(16-9-13-11(2)19-20-21-13)18-15(17-10)12-6-4-3-5-7-12/h3-8H,9H2,1-2H3,(H,16,17,18). The molecule has 2 heterocycles. The van der Waals surface area contributed by atoms with Gasteiger partial charge >= 0.3 is 0 Å². The van der Waals surface area contributed by atoms with E-state index < -0.39 is 0 Å². The number of hydrogen-bond acceptors (Lipinski definition) is 6. The van der Waals surface area contributed by atoms with E-state index in [4.69, 9.17) is 0 Å². The summed E-state index contributed by atoms with van der Waals surface area (Å²) in [6.45, 7) is 4.61. The molecule has 0 atom stereocenters. The first-order chi connectivity index (χ1) is 10.2. The van der Waals surface area contributed by atoms with Crippen molar-refractivity contribution in [3.63, 3.8) is 0 Å². The normalized spacial score (nSPS) is 10.6. The average molecular weight is 297 g/mol. The average Bonchev–Trinajstić information content (AvgIpc) is 2.91. The van der Waals surface area contributed by atoms with Gasteiger partial charge in [-0.3, -0.25) is 0 Å². The SMILES string of the molecule is Cc1cc(NCc2snnc2C)nc(-c2ccccc2)n1. The maximum absolute atomic E-state index is 4.57. The van der Waals surface area contributed by atoms with Crippen LogP contribution < -0.4 is 5.32 Å². The molecule has 0 aliphatic rings. The minimum atomic E-state index is 0.675. The second-order valence-corrected chi connectivity index (χ2v) is 5.56. The molecule has 0 unspecified atom stereocenters. The van der Waals surface area contributed by atoms with Gasteiger partial charge in [0.1, 0.15) is 5.82 Å². The highest BCUT2D eigenvalue weighted by molar-refractivity contribution is 7.05. The van der Waals surface area contributed by atoms with E-state index in [2.05, 4.69) is 24.9 Å². The summed E-state index contributed by atoms with van der Waals surface area (Å²) in [6, 6.07) is 11.9. The van der Waals surface area contributed by atoms with E-state index in [1.165, 1.54) is 11.5 Å². The Morgan fingerprint density at radius 1 is 1.10 bits per heavy atom. The Kier molecular flexibility index (Phi) is 3.87. The van der Waals surface area contributed by atoms with E-state index in [-0.39, 0.29) is 0 Å². The Bertz CT molecular complexity index is 739. The molecule has 1 N–H and O–H groups in total. The molecule has 106 valence electrons. The molecule has 0 aliphatic heterocycles.